The van der Waals surface area contributed by atoms with Crippen molar-refractivity contribution in [3.63, 3.8) is 0 Å². The highest BCUT2D eigenvalue weighted by molar-refractivity contribution is 6.68. The molecule has 3 aliphatic rings. The summed E-state index contributed by atoms with van der Waals surface area (Å²) in [6, 6.07) is 13.3. The Morgan fingerprint density at radius 3 is 2.96 bits per heavy atom. The zero-order valence-electron chi connectivity index (χ0n) is 16.3. The van der Waals surface area contributed by atoms with E-state index in [0.29, 0.717) is 25.2 Å². The van der Waals surface area contributed by atoms with Crippen molar-refractivity contribution in [1.82, 2.24) is 10.6 Å². The topological polar surface area (TPSA) is 62.4 Å². The largest absolute Gasteiger partial charge is 0.389 e. The molecule has 2 aromatic carbocycles. The summed E-state index contributed by atoms with van der Waals surface area (Å²) in [4.78, 5) is 4.39. The molecule has 3 heterocycles. The molecule has 0 aromatic heterocycles. The van der Waals surface area contributed by atoms with Crippen molar-refractivity contribution in [3.05, 3.63) is 82.3 Å². The van der Waals surface area contributed by atoms with Crippen molar-refractivity contribution in [3.8, 4) is 0 Å². The van der Waals surface area contributed by atoms with Crippen molar-refractivity contribution < 1.29 is 0 Å². The second-order valence-electron chi connectivity index (χ2n) is 8.17. The maximum absolute atomic E-state index is 5.84. The molecule has 4 nitrogen and oxygen atoms in total. The van der Waals surface area contributed by atoms with Crippen LogP contribution in [0.1, 0.15) is 40.3 Å². The SMILES string of the molecule is C=C(C)c1cccc2c1CB1C=C(c3ccc4c(c3)CN=C(N)NC4)NC1C2. The van der Waals surface area contributed by atoms with Crippen LogP contribution in [0.15, 0.2) is 53.9 Å². The first-order valence-electron chi connectivity index (χ1n) is 9.99. The number of benzene rings is 2. The van der Waals surface area contributed by atoms with Gasteiger partial charge in [-0.3, -0.25) is 0 Å². The summed E-state index contributed by atoms with van der Waals surface area (Å²) in [7, 11) is 0. The van der Waals surface area contributed by atoms with Gasteiger partial charge in [-0.25, -0.2) is 4.99 Å². The van der Waals surface area contributed by atoms with E-state index in [-0.39, 0.29) is 0 Å². The molecule has 2 aromatic rings. The van der Waals surface area contributed by atoms with E-state index < -0.39 is 0 Å². The molecule has 0 saturated heterocycles. The third-order valence-corrected chi connectivity index (χ3v) is 6.25. The first-order valence-corrected chi connectivity index (χ1v) is 9.99. The normalized spacial score (nSPS) is 19.9. The fraction of sp³-hybridized carbons (Fsp3) is 0.261. The molecule has 1 atom stereocenters. The maximum Gasteiger partial charge on any atom is 0.199 e. The average Bonchev–Trinajstić information content (AvgIpc) is 3.01. The van der Waals surface area contributed by atoms with Crippen LogP contribution in [-0.4, -0.2) is 18.6 Å². The Balaban J connectivity index is 1.44. The Labute approximate surface area is 166 Å². The van der Waals surface area contributed by atoms with Gasteiger partial charge in [0.25, 0.3) is 0 Å². The number of nitrogens with two attached hydrogens (primary N) is 1. The number of nitrogens with one attached hydrogen (secondary N) is 2. The molecule has 0 radical (unpaired) electrons. The molecular weight excluding hydrogens is 343 g/mol. The Morgan fingerprint density at radius 2 is 2.11 bits per heavy atom. The van der Waals surface area contributed by atoms with Gasteiger partial charge >= 0.3 is 0 Å². The van der Waals surface area contributed by atoms with Crippen LogP contribution in [0.3, 0.4) is 0 Å². The van der Waals surface area contributed by atoms with Gasteiger partial charge in [-0.2, -0.15) is 0 Å². The number of hydrogen-bond donors (Lipinski definition) is 3. The lowest BCUT2D eigenvalue weighted by Gasteiger charge is -2.28. The summed E-state index contributed by atoms with van der Waals surface area (Å²) in [5.74, 6) is 3.42. The van der Waals surface area contributed by atoms with E-state index in [1.54, 1.807) is 0 Å². The van der Waals surface area contributed by atoms with Crippen molar-refractivity contribution in [1.29, 1.82) is 0 Å². The summed E-state index contributed by atoms with van der Waals surface area (Å²) in [6.45, 7) is 8.18. The molecule has 0 aliphatic carbocycles. The maximum atomic E-state index is 5.84. The number of fused-ring (bicyclic) bond motifs is 3. The lowest BCUT2D eigenvalue weighted by Crippen LogP contribution is -2.42. The van der Waals surface area contributed by atoms with Gasteiger partial charge in [0.15, 0.2) is 12.7 Å². The molecule has 0 saturated carbocycles. The Hall–Kier alpha value is -2.95. The van der Waals surface area contributed by atoms with Crippen molar-refractivity contribution in [2.24, 2.45) is 10.7 Å². The molecule has 1 unspecified atom stereocenters. The fourth-order valence-electron chi connectivity index (χ4n) is 4.73. The van der Waals surface area contributed by atoms with Gasteiger partial charge in [0.1, 0.15) is 0 Å². The van der Waals surface area contributed by atoms with Crippen LogP contribution >= 0.6 is 0 Å². The first-order chi connectivity index (χ1) is 13.6. The predicted octanol–water partition coefficient (Wildman–Crippen LogP) is 2.86. The van der Waals surface area contributed by atoms with Crippen LogP contribution in [0, 0.1) is 0 Å². The number of aliphatic imine (C=N–C) groups is 1. The molecule has 0 amide bonds. The summed E-state index contributed by atoms with van der Waals surface area (Å²) < 4.78 is 0. The molecule has 0 spiro atoms. The standard InChI is InChI=1S/C23H25BN4/c1-14(2)19-5-3-4-15-9-22-24(10-20(15)19)11-21(28-22)16-6-7-17-12-26-23(25)27-13-18(17)8-16/h3-8,11,22,28H,1,9-10,12-13H2,2H3,(H3,25,26,27). The minimum absolute atomic E-state index is 0.469. The van der Waals surface area contributed by atoms with Crippen LogP contribution in [0.5, 0.6) is 0 Å². The highest BCUT2D eigenvalue weighted by Crippen LogP contribution is 2.33. The van der Waals surface area contributed by atoms with Gasteiger partial charge in [0.05, 0.1) is 6.54 Å². The Kier molecular flexibility index (Phi) is 4.04. The minimum Gasteiger partial charge on any atom is -0.389 e. The van der Waals surface area contributed by atoms with Gasteiger partial charge in [-0.05, 0) is 59.1 Å². The number of hydrogen-bond acceptors (Lipinski definition) is 4. The van der Waals surface area contributed by atoms with Crippen molar-refractivity contribution in [2.75, 3.05) is 0 Å². The molecule has 3 aliphatic heterocycles. The van der Waals surface area contributed by atoms with E-state index in [1.165, 1.54) is 39.1 Å². The molecular formula is C23H25BN4. The van der Waals surface area contributed by atoms with Crippen LogP contribution in [0.4, 0.5) is 0 Å². The Morgan fingerprint density at radius 1 is 1.21 bits per heavy atom. The van der Waals surface area contributed by atoms with E-state index in [2.05, 4.69) is 71.5 Å². The molecule has 140 valence electrons. The lowest BCUT2D eigenvalue weighted by atomic mass is 9.39. The van der Waals surface area contributed by atoms with Crippen molar-refractivity contribution >= 4 is 23.9 Å². The molecule has 28 heavy (non-hydrogen) atoms. The van der Waals surface area contributed by atoms with E-state index in [1.807, 2.05) is 0 Å². The third-order valence-electron chi connectivity index (χ3n) is 6.25. The van der Waals surface area contributed by atoms with Crippen LogP contribution < -0.4 is 16.4 Å². The Bertz CT molecular complexity index is 1040. The minimum atomic E-state index is 0.469. The summed E-state index contributed by atoms with van der Waals surface area (Å²) in [5.41, 5.74) is 16.3. The smallest absolute Gasteiger partial charge is 0.199 e. The fourth-order valence-corrected chi connectivity index (χ4v) is 4.73. The van der Waals surface area contributed by atoms with Gasteiger partial charge in [0.2, 0.25) is 0 Å². The van der Waals surface area contributed by atoms with E-state index in [4.69, 9.17) is 5.73 Å². The molecule has 5 heteroatoms. The quantitative estimate of drug-likeness (QED) is 0.715. The zero-order chi connectivity index (χ0) is 19.3. The van der Waals surface area contributed by atoms with Gasteiger partial charge in [-0.1, -0.05) is 48.5 Å². The third kappa shape index (κ3) is 2.91. The molecule has 0 bridgehead atoms. The summed E-state index contributed by atoms with van der Waals surface area (Å²) >= 11 is 0. The lowest BCUT2D eigenvalue weighted by molar-refractivity contribution is 0.749. The summed E-state index contributed by atoms with van der Waals surface area (Å²) in [6.07, 6.45) is 2.14. The predicted molar refractivity (Wildman–Crippen MR) is 118 cm³/mol. The summed E-state index contributed by atoms with van der Waals surface area (Å²) in [5, 5.41) is 6.94. The van der Waals surface area contributed by atoms with E-state index in [9.17, 15) is 0 Å². The average molecular weight is 368 g/mol. The van der Waals surface area contributed by atoms with Gasteiger partial charge < -0.3 is 16.4 Å². The second kappa shape index (κ2) is 6.59. The highest BCUT2D eigenvalue weighted by Gasteiger charge is 2.36. The number of rotatable bonds is 2. The monoisotopic (exact) mass is 368 g/mol. The molecule has 4 N–H and O–H groups in total. The highest BCUT2D eigenvalue weighted by atomic mass is 15.1. The number of nitrogens with zero attached hydrogens (tertiary/aromatic N) is 1. The second-order valence-corrected chi connectivity index (χ2v) is 8.17. The van der Waals surface area contributed by atoms with Crippen LogP contribution in [0.2, 0.25) is 0 Å². The first kappa shape index (κ1) is 17.2. The molecule has 5 rings (SSSR count). The molecule has 0 fully saturated rings. The van der Waals surface area contributed by atoms with Gasteiger partial charge in [0, 0.05) is 18.2 Å². The van der Waals surface area contributed by atoms with Crippen LogP contribution in [-0.2, 0) is 25.8 Å². The van der Waals surface area contributed by atoms with E-state index in [0.717, 1.165) is 24.9 Å². The van der Waals surface area contributed by atoms with E-state index >= 15 is 0 Å². The van der Waals surface area contributed by atoms with Crippen molar-refractivity contribution in [2.45, 2.75) is 38.7 Å². The zero-order valence-corrected chi connectivity index (χ0v) is 16.3. The van der Waals surface area contributed by atoms with Crippen LogP contribution in [0.25, 0.3) is 11.3 Å². The number of guanidine groups is 1. The van der Waals surface area contributed by atoms with Gasteiger partial charge in [-0.15, -0.1) is 0 Å². The number of allylic oxidation sites excluding steroid dienone is 1.